The maximum Gasteiger partial charge on any atom is 0.318 e. The third kappa shape index (κ3) is 6.60. The van der Waals surface area contributed by atoms with Crippen molar-refractivity contribution in [1.82, 2.24) is 0 Å². The molecule has 6 saturated carbocycles. The molecule has 8 fully saturated rings. The van der Waals surface area contributed by atoms with Crippen molar-refractivity contribution in [2.24, 2.45) is 87.3 Å². The molecule has 9 atom stereocenters. The minimum atomic E-state index is -0.857. The standard InChI is InChI=1S/C37H54O7.6CH4/c1-18-23-12-24(25-17-42-32(40)27(23)25)28(18)34(3,4)16-26(35(5,6)29-19(2)30(38)43-33(29)41)31(39)44-36(7,8)37-13-20-9-21(14-37)11-22(10-20)15-37;;;;;;/h18-29H,9-17H2,1-8H3;6*1H4. The Morgan fingerprint density at radius 3 is 1.76 bits per heavy atom. The van der Waals surface area contributed by atoms with Crippen molar-refractivity contribution in [3.63, 3.8) is 0 Å². The number of fused-ring (bicyclic) bond motifs is 5. The number of cyclic esters (lactones) is 3. The summed E-state index contributed by atoms with van der Waals surface area (Å²) in [4.78, 5) is 53.1. The Morgan fingerprint density at radius 1 is 0.760 bits per heavy atom. The topological polar surface area (TPSA) is 96.0 Å². The summed E-state index contributed by atoms with van der Waals surface area (Å²) < 4.78 is 17.4. The Balaban J connectivity index is 0.00000208. The van der Waals surface area contributed by atoms with E-state index in [1.54, 1.807) is 6.92 Å². The van der Waals surface area contributed by atoms with Crippen LogP contribution in [0.3, 0.4) is 0 Å². The average Bonchev–Trinajstić information content (AvgIpc) is 3.62. The highest BCUT2D eigenvalue weighted by atomic mass is 16.6. The van der Waals surface area contributed by atoms with Gasteiger partial charge in [-0.25, -0.2) is 0 Å². The number of ether oxygens (including phenoxy) is 3. The van der Waals surface area contributed by atoms with Crippen LogP contribution in [0.15, 0.2) is 0 Å². The Bertz CT molecular complexity index is 1230. The normalized spacial score (nSPS) is 39.6. The van der Waals surface area contributed by atoms with Gasteiger partial charge in [-0.2, -0.15) is 0 Å². The lowest BCUT2D eigenvalue weighted by Gasteiger charge is -2.61. The van der Waals surface area contributed by atoms with Gasteiger partial charge in [0.15, 0.2) is 0 Å². The second kappa shape index (κ2) is 14.8. The van der Waals surface area contributed by atoms with Crippen molar-refractivity contribution < 1.29 is 33.4 Å². The number of carbonyl (C=O) groups excluding carboxylic acids is 4. The van der Waals surface area contributed by atoms with E-state index in [4.69, 9.17) is 14.2 Å². The predicted octanol–water partition coefficient (Wildman–Crippen LogP) is 10.4. The van der Waals surface area contributed by atoms with E-state index in [-0.39, 0.29) is 79.2 Å². The molecule has 7 nitrogen and oxygen atoms in total. The van der Waals surface area contributed by atoms with Gasteiger partial charge in [0.2, 0.25) is 0 Å². The van der Waals surface area contributed by atoms with E-state index in [1.165, 1.54) is 19.3 Å². The fraction of sp³-hybridized carbons (Fsp3) is 0.907. The summed E-state index contributed by atoms with van der Waals surface area (Å²) in [6.07, 6.45) is 8.94. The van der Waals surface area contributed by atoms with Gasteiger partial charge < -0.3 is 14.2 Å². The zero-order valence-electron chi connectivity index (χ0n) is 28.1. The van der Waals surface area contributed by atoms with Crippen LogP contribution in [0.25, 0.3) is 0 Å². The van der Waals surface area contributed by atoms with E-state index in [9.17, 15) is 19.2 Å². The van der Waals surface area contributed by atoms with Crippen LogP contribution in [0.4, 0.5) is 0 Å². The lowest BCUT2D eigenvalue weighted by atomic mass is 9.46. The van der Waals surface area contributed by atoms with Crippen molar-refractivity contribution in [3.8, 4) is 0 Å². The second-order valence-corrected chi connectivity index (χ2v) is 18.5. The molecule has 292 valence electrons. The molecule has 6 aliphatic carbocycles. The third-order valence-corrected chi connectivity index (χ3v) is 15.0. The number of hydrogen-bond donors (Lipinski definition) is 0. The molecule has 0 radical (unpaired) electrons. The minimum Gasteiger partial charge on any atom is -0.465 e. The Morgan fingerprint density at radius 2 is 1.28 bits per heavy atom. The van der Waals surface area contributed by atoms with Crippen LogP contribution in [0.2, 0.25) is 0 Å². The maximum atomic E-state index is 14.8. The zero-order chi connectivity index (χ0) is 31.7. The fourth-order valence-corrected chi connectivity index (χ4v) is 13.3. The molecule has 2 aliphatic heterocycles. The number of carbonyl (C=O) groups is 4. The van der Waals surface area contributed by atoms with Crippen LogP contribution in [-0.4, -0.2) is 36.1 Å². The largest absolute Gasteiger partial charge is 0.465 e. The molecule has 6 bridgehead atoms. The van der Waals surface area contributed by atoms with Crippen LogP contribution in [0.1, 0.15) is 151 Å². The average molecular weight is 707 g/mol. The maximum absolute atomic E-state index is 14.8. The first kappa shape index (κ1) is 46.1. The Kier molecular flexibility index (Phi) is 13.7. The molecule has 50 heavy (non-hydrogen) atoms. The van der Waals surface area contributed by atoms with E-state index < -0.39 is 40.7 Å². The molecule has 9 unspecified atom stereocenters. The van der Waals surface area contributed by atoms with Crippen molar-refractivity contribution in [2.75, 3.05) is 6.61 Å². The van der Waals surface area contributed by atoms with E-state index in [0.29, 0.717) is 36.7 Å². The zero-order valence-corrected chi connectivity index (χ0v) is 28.1. The van der Waals surface area contributed by atoms with Gasteiger partial charge in [-0.1, -0.05) is 86.1 Å². The molecule has 2 heterocycles. The molecule has 8 aliphatic rings. The monoisotopic (exact) mass is 707 g/mol. The number of hydrogen-bond acceptors (Lipinski definition) is 7. The number of esters is 4. The van der Waals surface area contributed by atoms with Crippen LogP contribution < -0.4 is 0 Å². The van der Waals surface area contributed by atoms with Gasteiger partial charge in [0.05, 0.1) is 30.3 Å². The van der Waals surface area contributed by atoms with Gasteiger partial charge in [0.25, 0.3) is 0 Å². The van der Waals surface area contributed by atoms with Crippen molar-refractivity contribution in [2.45, 2.75) is 157 Å². The fourth-order valence-electron chi connectivity index (χ4n) is 13.3. The quantitative estimate of drug-likeness (QED) is 0.141. The van der Waals surface area contributed by atoms with Crippen molar-refractivity contribution >= 4 is 23.9 Å². The highest BCUT2D eigenvalue weighted by Gasteiger charge is 2.66. The third-order valence-electron chi connectivity index (χ3n) is 15.0. The summed E-state index contributed by atoms with van der Waals surface area (Å²) in [5.41, 5.74) is -1.74. The molecule has 0 spiro atoms. The second-order valence-electron chi connectivity index (χ2n) is 18.5. The van der Waals surface area contributed by atoms with Gasteiger partial charge >= 0.3 is 23.9 Å². The van der Waals surface area contributed by atoms with Gasteiger partial charge in [-0.05, 0) is 117 Å². The lowest BCUT2D eigenvalue weighted by Crippen LogP contribution is -2.58. The first-order chi connectivity index (χ1) is 20.5. The predicted molar refractivity (Wildman–Crippen MR) is 203 cm³/mol. The Hall–Kier alpha value is -1.92. The van der Waals surface area contributed by atoms with E-state index in [1.807, 2.05) is 13.8 Å². The van der Waals surface area contributed by atoms with Crippen molar-refractivity contribution in [1.29, 1.82) is 0 Å². The molecular formula is C43H78O7. The first-order valence-corrected chi connectivity index (χ1v) is 17.6. The van der Waals surface area contributed by atoms with E-state index >= 15 is 0 Å². The summed E-state index contributed by atoms with van der Waals surface area (Å²) >= 11 is 0. The van der Waals surface area contributed by atoms with Gasteiger partial charge in [-0.3, -0.25) is 19.2 Å². The molecule has 7 heteroatoms. The van der Waals surface area contributed by atoms with Gasteiger partial charge in [0.1, 0.15) is 5.60 Å². The summed E-state index contributed by atoms with van der Waals surface area (Å²) in [5.74, 6) is 0.598. The van der Waals surface area contributed by atoms with E-state index in [0.717, 1.165) is 43.4 Å². The van der Waals surface area contributed by atoms with Gasteiger partial charge in [-0.15, -0.1) is 0 Å². The van der Waals surface area contributed by atoms with Crippen LogP contribution in [0.5, 0.6) is 0 Å². The van der Waals surface area contributed by atoms with Crippen LogP contribution in [0, 0.1) is 87.3 Å². The minimum absolute atomic E-state index is 0. The number of rotatable bonds is 8. The van der Waals surface area contributed by atoms with Gasteiger partial charge in [0, 0.05) is 11.3 Å². The molecule has 8 rings (SSSR count). The smallest absolute Gasteiger partial charge is 0.318 e. The van der Waals surface area contributed by atoms with Crippen LogP contribution >= 0.6 is 0 Å². The molecule has 0 amide bonds. The SMILES string of the molecule is C.C.C.C.C.C.CC1C(=O)OC(=O)C1C(C)(C)C(CC(C)(C)C1C(C)C2CC1C1COC(=O)C21)C(=O)OC(C)(C)C12CC3CC(CC(C3)C1)C2. The summed E-state index contributed by atoms with van der Waals surface area (Å²) in [7, 11) is 0. The molecule has 0 aromatic heterocycles. The summed E-state index contributed by atoms with van der Waals surface area (Å²) in [5, 5.41) is 0. The van der Waals surface area contributed by atoms with E-state index in [2.05, 4.69) is 34.6 Å². The Labute approximate surface area is 307 Å². The van der Waals surface area contributed by atoms with Crippen molar-refractivity contribution in [3.05, 3.63) is 0 Å². The summed E-state index contributed by atoms with van der Waals surface area (Å²) in [6.45, 7) is 17.3. The molecule has 0 aromatic carbocycles. The molecule has 0 N–H and O–H groups in total. The lowest BCUT2D eigenvalue weighted by molar-refractivity contribution is -0.208. The molecular weight excluding hydrogens is 628 g/mol. The highest BCUT2D eigenvalue weighted by Crippen LogP contribution is 2.67. The summed E-state index contributed by atoms with van der Waals surface area (Å²) in [6, 6.07) is 0. The molecule has 0 aromatic rings. The van der Waals surface area contributed by atoms with Crippen LogP contribution in [-0.2, 0) is 33.4 Å². The highest BCUT2D eigenvalue weighted by molar-refractivity contribution is 5.97. The first-order valence-electron chi connectivity index (χ1n) is 17.6. The molecule has 2 saturated heterocycles.